The molecule has 0 aromatic carbocycles. The van der Waals surface area contributed by atoms with Crippen molar-refractivity contribution in [2.45, 2.75) is 123 Å². The fraction of sp³-hybridized carbons (Fsp3) is 0.839. The molecule has 0 unspecified atom stereocenters. The highest BCUT2D eigenvalue weighted by Gasteiger charge is 2.59. The van der Waals surface area contributed by atoms with Gasteiger partial charge in [-0.05, 0) is 112 Å². The number of carboxylic acids is 1. The Kier molecular flexibility index (Phi) is 8.13. The molecule has 2 N–H and O–H groups in total. The summed E-state index contributed by atoms with van der Waals surface area (Å²) < 4.78 is 46.4. The highest BCUT2D eigenvalue weighted by Crippen LogP contribution is 2.67. The highest BCUT2D eigenvalue weighted by molar-refractivity contribution is 5.66. The molecule has 4 aliphatic rings. The van der Waals surface area contributed by atoms with Gasteiger partial charge in [-0.1, -0.05) is 39.0 Å². The predicted molar refractivity (Wildman–Crippen MR) is 141 cm³/mol. The van der Waals surface area contributed by atoms with E-state index in [9.17, 15) is 23.1 Å². The van der Waals surface area contributed by atoms with Crippen molar-refractivity contribution in [2.24, 2.45) is 40.4 Å². The zero-order valence-corrected chi connectivity index (χ0v) is 23.6. The fourth-order valence-corrected chi connectivity index (χ4v) is 9.19. The van der Waals surface area contributed by atoms with Crippen molar-refractivity contribution in [1.29, 1.82) is 0 Å². The predicted octanol–water partition coefficient (Wildman–Crippen LogP) is 8.06. The molecule has 0 radical (unpaired) electrons. The van der Waals surface area contributed by atoms with E-state index in [2.05, 4.69) is 33.4 Å². The number of allylic oxidation sites excluding steroid dienone is 2. The van der Waals surface area contributed by atoms with Crippen LogP contribution in [0.25, 0.3) is 0 Å². The first-order valence-electron chi connectivity index (χ1n) is 14.6. The molecule has 0 aromatic rings. The lowest BCUT2D eigenvalue weighted by atomic mass is 9.46. The molecule has 4 rings (SSSR count). The topological polar surface area (TPSA) is 66.8 Å². The fourth-order valence-electron chi connectivity index (χ4n) is 9.19. The summed E-state index contributed by atoms with van der Waals surface area (Å²) in [4.78, 5) is 10.8. The minimum Gasteiger partial charge on any atom is -0.486 e. The van der Waals surface area contributed by atoms with E-state index in [1.54, 1.807) is 0 Å². The molecule has 0 spiro atoms. The van der Waals surface area contributed by atoms with Gasteiger partial charge in [-0.3, -0.25) is 4.79 Å². The summed E-state index contributed by atoms with van der Waals surface area (Å²) in [7, 11) is 0. The largest absolute Gasteiger partial charge is 0.486 e. The number of rotatable bonds is 9. The zero-order valence-electron chi connectivity index (χ0n) is 23.6. The van der Waals surface area contributed by atoms with Crippen LogP contribution in [0.2, 0.25) is 0 Å². The molecule has 4 nitrogen and oxygen atoms in total. The second-order valence-electron chi connectivity index (χ2n) is 13.8. The number of ether oxygens (including phenoxy) is 1. The van der Waals surface area contributed by atoms with Crippen LogP contribution in [0.15, 0.2) is 24.0 Å². The number of halogens is 3. The number of aliphatic carboxylic acids is 1. The first-order valence-corrected chi connectivity index (χ1v) is 14.6. The van der Waals surface area contributed by atoms with Gasteiger partial charge < -0.3 is 14.9 Å². The minimum atomic E-state index is -4.52. The van der Waals surface area contributed by atoms with Gasteiger partial charge in [-0.2, -0.15) is 13.2 Å². The quantitative estimate of drug-likeness (QED) is 0.229. The SMILES string of the molecule is C=C(CCC(=O)O)O[C@H](CC[C@@H](C)[C@H]1CC[C@H]2[C@@H]3CC=C4C[C@@](C)(O)CC[C@]4(C)[C@H]3CC[C@]12C)C(F)(F)F. The van der Waals surface area contributed by atoms with Crippen molar-refractivity contribution in [2.75, 3.05) is 0 Å². The summed E-state index contributed by atoms with van der Waals surface area (Å²) in [6.07, 6.45) is 4.07. The van der Waals surface area contributed by atoms with E-state index >= 15 is 0 Å². The van der Waals surface area contributed by atoms with Crippen molar-refractivity contribution in [1.82, 2.24) is 0 Å². The van der Waals surface area contributed by atoms with Crippen LogP contribution in [0.4, 0.5) is 13.2 Å². The summed E-state index contributed by atoms with van der Waals surface area (Å²) in [5, 5.41) is 19.5. The second kappa shape index (κ2) is 10.5. The molecule has 216 valence electrons. The summed E-state index contributed by atoms with van der Waals surface area (Å²) >= 11 is 0. The molecule has 3 saturated carbocycles. The van der Waals surface area contributed by atoms with Crippen molar-refractivity contribution >= 4 is 5.97 Å². The van der Waals surface area contributed by atoms with Gasteiger partial charge in [0.2, 0.25) is 0 Å². The van der Waals surface area contributed by atoms with Gasteiger partial charge in [0, 0.05) is 6.42 Å². The van der Waals surface area contributed by atoms with E-state index in [0.29, 0.717) is 30.1 Å². The Hall–Kier alpha value is -1.50. The standard InChI is InChI=1S/C31H47F3O4/c1-19(6-12-26(31(32,33)34)38-20(2)7-13-27(35)36)23-10-11-24-22-9-8-21-18-28(3,37)16-17-29(21,4)25(22)14-15-30(23,24)5/h8,19,22-26,37H,2,6-7,9-18H2,1,3-5H3,(H,35,36)/t19-,22+,23-,24+,25+,26-,28+,29+,30-/m1/s1. The van der Waals surface area contributed by atoms with Crippen LogP contribution in [0.3, 0.4) is 0 Å². The number of carbonyl (C=O) groups is 1. The number of alkyl halides is 3. The molecule has 0 amide bonds. The molecule has 3 fully saturated rings. The van der Waals surface area contributed by atoms with Gasteiger partial charge in [0.1, 0.15) is 0 Å². The van der Waals surface area contributed by atoms with Crippen LogP contribution in [-0.2, 0) is 9.53 Å². The van der Waals surface area contributed by atoms with Crippen LogP contribution in [0, 0.1) is 40.4 Å². The lowest BCUT2D eigenvalue weighted by Gasteiger charge is -2.59. The first-order chi connectivity index (χ1) is 17.6. The maximum absolute atomic E-state index is 13.8. The number of carboxylic acid groups (broad SMARTS) is 1. The third-order valence-corrected chi connectivity index (χ3v) is 11.3. The number of fused-ring (bicyclic) bond motifs is 5. The number of hydrogen-bond acceptors (Lipinski definition) is 3. The molecule has 0 heterocycles. The Labute approximate surface area is 226 Å². The summed E-state index contributed by atoms with van der Waals surface area (Å²) in [6, 6.07) is 0. The second-order valence-corrected chi connectivity index (χ2v) is 13.8. The third kappa shape index (κ3) is 5.69. The van der Waals surface area contributed by atoms with Crippen molar-refractivity contribution in [3.63, 3.8) is 0 Å². The smallest absolute Gasteiger partial charge is 0.425 e. The lowest BCUT2D eigenvalue weighted by molar-refractivity contribution is -0.213. The van der Waals surface area contributed by atoms with E-state index in [1.807, 2.05) is 6.92 Å². The molecule has 0 aromatic heterocycles. The number of aliphatic hydroxyl groups is 1. The number of hydrogen-bond donors (Lipinski definition) is 2. The van der Waals surface area contributed by atoms with Crippen LogP contribution in [0.1, 0.15) is 105 Å². The minimum absolute atomic E-state index is 0.115. The van der Waals surface area contributed by atoms with Crippen LogP contribution in [0.5, 0.6) is 0 Å². The molecule has 0 aliphatic heterocycles. The van der Waals surface area contributed by atoms with Gasteiger partial charge in [-0.15, -0.1) is 0 Å². The van der Waals surface area contributed by atoms with Crippen molar-refractivity contribution in [3.8, 4) is 0 Å². The van der Waals surface area contributed by atoms with Gasteiger partial charge in [0.25, 0.3) is 0 Å². The molecule has 38 heavy (non-hydrogen) atoms. The van der Waals surface area contributed by atoms with E-state index in [1.165, 1.54) is 5.57 Å². The third-order valence-electron chi connectivity index (χ3n) is 11.3. The monoisotopic (exact) mass is 540 g/mol. The van der Waals surface area contributed by atoms with Gasteiger partial charge in [0.15, 0.2) is 6.10 Å². The Bertz CT molecular complexity index is 940. The summed E-state index contributed by atoms with van der Waals surface area (Å²) in [6.45, 7) is 12.4. The molecule has 9 atom stereocenters. The van der Waals surface area contributed by atoms with Crippen molar-refractivity contribution in [3.05, 3.63) is 24.0 Å². The molecular formula is C31H47F3O4. The van der Waals surface area contributed by atoms with Crippen LogP contribution in [-0.4, -0.2) is 34.1 Å². The molecule has 0 bridgehead atoms. The molecule has 7 heteroatoms. The van der Waals surface area contributed by atoms with E-state index in [0.717, 1.165) is 51.4 Å². The summed E-state index contributed by atoms with van der Waals surface area (Å²) in [5.41, 5.74) is 1.15. The van der Waals surface area contributed by atoms with E-state index in [-0.39, 0.29) is 41.8 Å². The maximum Gasteiger partial charge on any atom is 0.425 e. The van der Waals surface area contributed by atoms with E-state index in [4.69, 9.17) is 9.84 Å². The van der Waals surface area contributed by atoms with Gasteiger partial charge in [0.05, 0.1) is 17.8 Å². The Balaban J connectivity index is 1.41. The zero-order chi connectivity index (χ0) is 28.1. The first kappa shape index (κ1) is 29.5. The Morgan fingerprint density at radius 3 is 2.47 bits per heavy atom. The average molecular weight is 541 g/mol. The maximum atomic E-state index is 13.8. The van der Waals surface area contributed by atoms with Gasteiger partial charge >= 0.3 is 12.1 Å². The molecule has 0 saturated heterocycles. The van der Waals surface area contributed by atoms with Gasteiger partial charge in [-0.25, -0.2) is 0 Å². The molecule has 4 aliphatic carbocycles. The van der Waals surface area contributed by atoms with Crippen LogP contribution < -0.4 is 0 Å². The molecular weight excluding hydrogens is 493 g/mol. The normalized spacial score (nSPS) is 40.3. The average Bonchev–Trinajstić information content (AvgIpc) is 3.17. The summed E-state index contributed by atoms with van der Waals surface area (Å²) in [5.74, 6) is 1.18. The lowest BCUT2D eigenvalue weighted by Crippen LogP contribution is -2.52. The van der Waals surface area contributed by atoms with Crippen LogP contribution >= 0.6 is 0 Å². The highest BCUT2D eigenvalue weighted by atomic mass is 19.4. The Morgan fingerprint density at radius 2 is 1.82 bits per heavy atom. The van der Waals surface area contributed by atoms with E-state index < -0.39 is 23.9 Å². The Morgan fingerprint density at radius 1 is 1.11 bits per heavy atom. The van der Waals surface area contributed by atoms with Crippen molar-refractivity contribution < 1.29 is 32.9 Å².